The topological polar surface area (TPSA) is 100 Å². The lowest BCUT2D eigenvalue weighted by Crippen LogP contribution is -2.36. The number of benzene rings is 2. The second kappa shape index (κ2) is 8.28. The number of halogens is 1. The maximum absolute atomic E-state index is 10.1. The van der Waals surface area contributed by atoms with Crippen molar-refractivity contribution in [2.24, 2.45) is 0 Å². The molecule has 2 aromatic heterocycles. The van der Waals surface area contributed by atoms with Crippen LogP contribution in [0.2, 0.25) is 5.02 Å². The summed E-state index contributed by atoms with van der Waals surface area (Å²) >= 11 is 6.50. The van der Waals surface area contributed by atoms with Crippen molar-refractivity contribution in [2.75, 3.05) is 13.2 Å². The lowest BCUT2D eigenvalue weighted by atomic mass is 10.0. The highest BCUT2D eigenvalue weighted by atomic mass is 35.5. The molecule has 1 saturated heterocycles. The highest BCUT2D eigenvalue weighted by Gasteiger charge is 2.37. The van der Waals surface area contributed by atoms with Crippen molar-refractivity contribution in [2.45, 2.75) is 18.3 Å². The first-order valence-electron chi connectivity index (χ1n) is 9.91. The van der Waals surface area contributed by atoms with Crippen LogP contribution in [0.15, 0.2) is 60.7 Å². The van der Waals surface area contributed by atoms with Crippen molar-refractivity contribution < 1.29 is 19.7 Å². The Labute approximate surface area is 183 Å². The third-order valence-electron chi connectivity index (χ3n) is 5.35. The molecule has 0 bridgehead atoms. The van der Waals surface area contributed by atoms with E-state index in [-0.39, 0.29) is 19.2 Å². The summed E-state index contributed by atoms with van der Waals surface area (Å²) in [7, 11) is 0. The minimum Gasteiger partial charge on any atom is -0.456 e. The average molecular weight is 438 g/mol. The first-order valence-corrected chi connectivity index (χ1v) is 10.3. The Kier molecular flexibility index (Phi) is 5.33. The number of aromatic amines is 1. The Balaban J connectivity index is 1.41. The van der Waals surface area contributed by atoms with Crippen LogP contribution in [0.25, 0.3) is 33.5 Å². The molecule has 1 aliphatic rings. The molecule has 1 fully saturated rings. The van der Waals surface area contributed by atoms with E-state index in [9.17, 15) is 10.2 Å². The third kappa shape index (κ3) is 3.88. The summed E-state index contributed by atoms with van der Waals surface area (Å²) in [5, 5.41) is 19.8. The van der Waals surface area contributed by atoms with Gasteiger partial charge in [0.15, 0.2) is 11.8 Å². The van der Waals surface area contributed by atoms with Gasteiger partial charge in [-0.25, -0.2) is 4.98 Å². The number of nitrogens with one attached hydrogen (secondary N) is 1. The van der Waals surface area contributed by atoms with Gasteiger partial charge in [-0.05, 0) is 17.2 Å². The predicted molar refractivity (Wildman–Crippen MR) is 117 cm³/mol. The van der Waals surface area contributed by atoms with Gasteiger partial charge in [-0.1, -0.05) is 66.2 Å². The molecule has 0 radical (unpaired) electrons. The molecule has 0 aliphatic carbocycles. The number of pyridine rings is 1. The van der Waals surface area contributed by atoms with Crippen molar-refractivity contribution in [3.63, 3.8) is 0 Å². The largest absolute Gasteiger partial charge is 0.456 e. The lowest BCUT2D eigenvalue weighted by molar-refractivity contribution is -0.00390. The van der Waals surface area contributed by atoms with Gasteiger partial charge in [0.25, 0.3) is 6.01 Å². The Morgan fingerprint density at radius 2 is 1.74 bits per heavy atom. The second-order valence-corrected chi connectivity index (χ2v) is 7.78. The van der Waals surface area contributed by atoms with Crippen LogP contribution in [0.3, 0.4) is 0 Å². The number of imidazole rings is 1. The molecule has 0 amide bonds. The smallest absolute Gasteiger partial charge is 0.296 e. The molecule has 158 valence electrons. The standard InChI is InChI=1S/C23H20ClN3O4/c24-16-10-17-22(27-23(25-17)31-19-12-30-18(11-28)21(19)29)26-20(16)15-8-6-14(7-9-15)13-4-2-1-3-5-13/h1-10,18-19,21,28-29H,11-12H2,(H,25,26,27)/t18-,19-,21+/m1/s1. The number of nitrogens with zero attached hydrogens (tertiary/aromatic N) is 2. The van der Waals surface area contributed by atoms with Crippen LogP contribution in [-0.4, -0.2) is 56.7 Å². The molecule has 0 saturated carbocycles. The molecule has 5 rings (SSSR count). The number of rotatable bonds is 5. The van der Waals surface area contributed by atoms with E-state index in [0.717, 1.165) is 16.7 Å². The van der Waals surface area contributed by atoms with E-state index in [1.807, 2.05) is 42.5 Å². The minimum atomic E-state index is -0.937. The summed E-state index contributed by atoms with van der Waals surface area (Å²) in [6.07, 6.45) is -2.22. The van der Waals surface area contributed by atoms with Crippen LogP contribution >= 0.6 is 11.6 Å². The number of aromatic nitrogens is 3. The van der Waals surface area contributed by atoms with E-state index >= 15 is 0 Å². The Morgan fingerprint density at radius 1 is 1.03 bits per heavy atom. The molecule has 0 spiro atoms. The molecule has 3 N–H and O–H groups in total. The highest BCUT2D eigenvalue weighted by molar-refractivity contribution is 6.33. The van der Waals surface area contributed by atoms with E-state index in [2.05, 4.69) is 27.1 Å². The second-order valence-electron chi connectivity index (χ2n) is 7.38. The first kappa shape index (κ1) is 20.0. The van der Waals surface area contributed by atoms with E-state index < -0.39 is 18.3 Å². The van der Waals surface area contributed by atoms with Crippen LogP contribution in [0.5, 0.6) is 6.01 Å². The van der Waals surface area contributed by atoms with Crippen LogP contribution in [0, 0.1) is 0 Å². The van der Waals surface area contributed by atoms with Crippen LogP contribution in [0.4, 0.5) is 0 Å². The van der Waals surface area contributed by atoms with Crippen molar-refractivity contribution in [1.29, 1.82) is 0 Å². The SMILES string of the molecule is OC[C@H]1OC[C@@H](Oc2nc3nc(-c4ccc(-c5ccccc5)cc4)c(Cl)cc3[nH]2)[C@H]1O. The average Bonchev–Trinajstić information content (AvgIpc) is 3.36. The third-order valence-corrected chi connectivity index (χ3v) is 5.64. The minimum absolute atomic E-state index is 0.163. The lowest BCUT2D eigenvalue weighted by Gasteiger charge is -2.15. The first-order chi connectivity index (χ1) is 15.1. The van der Waals surface area contributed by atoms with Gasteiger partial charge in [0.05, 0.1) is 29.4 Å². The Bertz CT molecular complexity index is 1200. The van der Waals surface area contributed by atoms with Crippen molar-refractivity contribution in [3.05, 3.63) is 65.7 Å². The monoisotopic (exact) mass is 437 g/mol. The van der Waals surface area contributed by atoms with Crippen molar-refractivity contribution >= 4 is 22.8 Å². The van der Waals surface area contributed by atoms with Gasteiger partial charge in [0.2, 0.25) is 0 Å². The number of hydrogen-bond donors (Lipinski definition) is 3. The van der Waals surface area contributed by atoms with Gasteiger partial charge in [-0.2, -0.15) is 4.98 Å². The van der Waals surface area contributed by atoms with Gasteiger partial charge in [-0.15, -0.1) is 0 Å². The number of ether oxygens (including phenoxy) is 2. The van der Waals surface area contributed by atoms with E-state index in [4.69, 9.17) is 21.1 Å². The predicted octanol–water partition coefficient (Wildman–Crippen LogP) is 3.44. The number of aliphatic hydroxyl groups is 2. The molecule has 2 aromatic carbocycles. The van der Waals surface area contributed by atoms with Gasteiger partial charge in [0.1, 0.15) is 12.2 Å². The fourth-order valence-corrected chi connectivity index (χ4v) is 3.93. The fraction of sp³-hybridized carbons (Fsp3) is 0.217. The number of hydrogen-bond acceptors (Lipinski definition) is 6. The summed E-state index contributed by atoms with van der Waals surface area (Å²) in [4.78, 5) is 12.0. The van der Waals surface area contributed by atoms with E-state index in [0.29, 0.717) is 21.9 Å². The zero-order valence-electron chi connectivity index (χ0n) is 16.4. The normalized spacial score (nSPS) is 20.9. The summed E-state index contributed by atoms with van der Waals surface area (Å²) in [5.74, 6) is 0. The van der Waals surface area contributed by atoms with Crippen LogP contribution < -0.4 is 4.74 Å². The molecule has 3 atom stereocenters. The molecule has 0 unspecified atom stereocenters. The Hall–Kier alpha value is -2.97. The van der Waals surface area contributed by atoms with Gasteiger partial charge in [-0.3, -0.25) is 0 Å². The summed E-state index contributed by atoms with van der Waals surface area (Å²) in [6, 6.07) is 20.1. The van der Waals surface area contributed by atoms with Crippen LogP contribution in [0.1, 0.15) is 0 Å². The zero-order chi connectivity index (χ0) is 21.4. The number of fused-ring (bicyclic) bond motifs is 1. The van der Waals surface area contributed by atoms with Crippen LogP contribution in [-0.2, 0) is 4.74 Å². The molecule has 8 heteroatoms. The fourth-order valence-electron chi connectivity index (χ4n) is 3.67. The number of aliphatic hydroxyl groups excluding tert-OH is 2. The quantitative estimate of drug-likeness (QED) is 0.442. The van der Waals surface area contributed by atoms with Gasteiger partial charge < -0.3 is 24.7 Å². The van der Waals surface area contributed by atoms with E-state index in [1.54, 1.807) is 6.07 Å². The van der Waals surface area contributed by atoms with Crippen molar-refractivity contribution in [1.82, 2.24) is 15.0 Å². The Morgan fingerprint density at radius 3 is 2.45 bits per heavy atom. The molecular formula is C23H20ClN3O4. The molecular weight excluding hydrogens is 418 g/mol. The highest BCUT2D eigenvalue weighted by Crippen LogP contribution is 2.31. The van der Waals surface area contributed by atoms with E-state index in [1.165, 1.54) is 0 Å². The molecule has 3 heterocycles. The van der Waals surface area contributed by atoms with Gasteiger partial charge >= 0.3 is 0 Å². The molecule has 31 heavy (non-hydrogen) atoms. The molecule has 7 nitrogen and oxygen atoms in total. The molecule has 4 aromatic rings. The van der Waals surface area contributed by atoms with Gasteiger partial charge in [0, 0.05) is 5.56 Å². The maximum atomic E-state index is 10.1. The molecule has 1 aliphatic heterocycles. The zero-order valence-corrected chi connectivity index (χ0v) is 17.2. The summed E-state index contributed by atoms with van der Waals surface area (Å²) in [6.45, 7) is -0.110. The number of H-pyrrole nitrogens is 1. The summed E-state index contributed by atoms with van der Waals surface area (Å²) in [5.41, 5.74) is 4.82. The van der Waals surface area contributed by atoms with Crippen molar-refractivity contribution in [3.8, 4) is 28.4 Å². The summed E-state index contributed by atoms with van der Waals surface area (Å²) < 4.78 is 11.0. The maximum Gasteiger partial charge on any atom is 0.296 e.